The SMILES string of the molecule is O=C1CC(C2CCCCC2)OCO1. The Bertz CT molecular complexity index is 185. The molecule has 13 heavy (non-hydrogen) atoms. The van der Waals surface area contributed by atoms with E-state index in [1.165, 1.54) is 32.1 Å². The number of cyclic esters (lactones) is 1. The number of hydrogen-bond donors (Lipinski definition) is 0. The van der Waals surface area contributed by atoms with Gasteiger partial charge in [-0.2, -0.15) is 0 Å². The Labute approximate surface area is 78.4 Å². The van der Waals surface area contributed by atoms with Gasteiger partial charge in [-0.1, -0.05) is 19.3 Å². The van der Waals surface area contributed by atoms with Crippen molar-refractivity contribution in [1.29, 1.82) is 0 Å². The van der Waals surface area contributed by atoms with Crippen molar-refractivity contribution < 1.29 is 14.3 Å². The van der Waals surface area contributed by atoms with Gasteiger partial charge in [-0.15, -0.1) is 0 Å². The summed E-state index contributed by atoms with van der Waals surface area (Å²) >= 11 is 0. The van der Waals surface area contributed by atoms with Crippen molar-refractivity contribution in [3.8, 4) is 0 Å². The average Bonchev–Trinajstić information content (AvgIpc) is 2.19. The first-order valence-electron chi connectivity index (χ1n) is 5.13. The maximum absolute atomic E-state index is 11.0. The molecule has 0 aromatic carbocycles. The van der Waals surface area contributed by atoms with Crippen molar-refractivity contribution >= 4 is 5.97 Å². The normalized spacial score (nSPS) is 31.4. The van der Waals surface area contributed by atoms with Gasteiger partial charge in [-0.25, -0.2) is 0 Å². The van der Waals surface area contributed by atoms with Gasteiger partial charge in [0, 0.05) is 0 Å². The minimum atomic E-state index is -0.0955. The lowest BCUT2D eigenvalue weighted by molar-refractivity contribution is -0.187. The smallest absolute Gasteiger partial charge is 0.310 e. The van der Waals surface area contributed by atoms with Crippen LogP contribution in [0.4, 0.5) is 0 Å². The van der Waals surface area contributed by atoms with Crippen LogP contribution in [0.2, 0.25) is 0 Å². The maximum atomic E-state index is 11.0. The molecule has 2 fully saturated rings. The Kier molecular flexibility index (Phi) is 2.83. The van der Waals surface area contributed by atoms with Gasteiger partial charge in [0.15, 0.2) is 6.79 Å². The largest absolute Gasteiger partial charge is 0.438 e. The first-order valence-corrected chi connectivity index (χ1v) is 5.13. The predicted molar refractivity (Wildman–Crippen MR) is 47.0 cm³/mol. The monoisotopic (exact) mass is 184 g/mol. The molecule has 74 valence electrons. The van der Waals surface area contributed by atoms with E-state index >= 15 is 0 Å². The highest BCUT2D eigenvalue weighted by Gasteiger charge is 2.29. The van der Waals surface area contributed by atoms with Crippen molar-refractivity contribution in [3.63, 3.8) is 0 Å². The van der Waals surface area contributed by atoms with Gasteiger partial charge in [0.05, 0.1) is 12.5 Å². The van der Waals surface area contributed by atoms with Crippen molar-refractivity contribution in [3.05, 3.63) is 0 Å². The molecule has 0 aromatic rings. The van der Waals surface area contributed by atoms with Gasteiger partial charge < -0.3 is 9.47 Å². The second-order valence-corrected chi connectivity index (χ2v) is 3.94. The molecule has 0 radical (unpaired) electrons. The third-order valence-electron chi connectivity index (χ3n) is 3.05. The summed E-state index contributed by atoms with van der Waals surface area (Å²) in [7, 11) is 0. The second-order valence-electron chi connectivity index (χ2n) is 3.94. The van der Waals surface area contributed by atoms with Crippen molar-refractivity contribution in [1.82, 2.24) is 0 Å². The van der Waals surface area contributed by atoms with Crippen LogP contribution < -0.4 is 0 Å². The summed E-state index contributed by atoms with van der Waals surface area (Å²) in [6.45, 7) is 0.167. The molecule has 1 heterocycles. The van der Waals surface area contributed by atoms with Gasteiger partial charge in [0.1, 0.15) is 0 Å². The summed E-state index contributed by atoms with van der Waals surface area (Å²) in [5.74, 6) is 0.503. The van der Waals surface area contributed by atoms with Crippen LogP contribution >= 0.6 is 0 Å². The van der Waals surface area contributed by atoms with Crippen LogP contribution in [-0.4, -0.2) is 18.9 Å². The molecule has 3 heteroatoms. The van der Waals surface area contributed by atoms with E-state index in [4.69, 9.17) is 9.47 Å². The fourth-order valence-electron chi connectivity index (χ4n) is 2.28. The Balaban J connectivity index is 1.87. The van der Waals surface area contributed by atoms with Gasteiger partial charge in [0.2, 0.25) is 0 Å². The van der Waals surface area contributed by atoms with E-state index in [1.807, 2.05) is 0 Å². The highest BCUT2D eigenvalue weighted by atomic mass is 16.7. The third kappa shape index (κ3) is 2.21. The molecule has 1 aliphatic carbocycles. The quantitative estimate of drug-likeness (QED) is 0.583. The zero-order chi connectivity index (χ0) is 9.10. The molecule has 0 aromatic heterocycles. The molecule has 0 bridgehead atoms. The van der Waals surface area contributed by atoms with E-state index in [0.29, 0.717) is 12.3 Å². The van der Waals surface area contributed by atoms with E-state index in [0.717, 1.165) is 0 Å². The molecule has 1 saturated heterocycles. The molecular weight excluding hydrogens is 168 g/mol. The molecule has 2 aliphatic rings. The molecule has 1 atom stereocenters. The molecular formula is C10H16O3. The Morgan fingerprint density at radius 1 is 1.15 bits per heavy atom. The molecule has 0 spiro atoms. The summed E-state index contributed by atoms with van der Waals surface area (Å²) in [4.78, 5) is 11.0. The number of carbonyl (C=O) groups excluding carboxylic acids is 1. The predicted octanol–water partition coefficient (Wildman–Crippen LogP) is 1.86. The van der Waals surface area contributed by atoms with Crippen molar-refractivity contribution in [2.45, 2.75) is 44.6 Å². The van der Waals surface area contributed by atoms with Gasteiger partial charge >= 0.3 is 5.97 Å². The second kappa shape index (κ2) is 4.09. The molecule has 1 unspecified atom stereocenters. The van der Waals surface area contributed by atoms with Crippen LogP contribution in [0.15, 0.2) is 0 Å². The fraction of sp³-hybridized carbons (Fsp3) is 0.900. The minimum Gasteiger partial charge on any atom is -0.438 e. The van der Waals surface area contributed by atoms with E-state index < -0.39 is 0 Å². The Morgan fingerprint density at radius 2 is 1.92 bits per heavy atom. The molecule has 1 saturated carbocycles. The van der Waals surface area contributed by atoms with Crippen molar-refractivity contribution in [2.75, 3.05) is 6.79 Å². The number of rotatable bonds is 1. The number of carbonyl (C=O) groups is 1. The third-order valence-corrected chi connectivity index (χ3v) is 3.05. The van der Waals surface area contributed by atoms with Crippen LogP contribution in [0.25, 0.3) is 0 Å². The summed E-state index contributed by atoms with van der Waals surface area (Å²) in [5.41, 5.74) is 0. The van der Waals surface area contributed by atoms with Crippen LogP contribution in [0, 0.1) is 5.92 Å². The van der Waals surface area contributed by atoms with Crippen LogP contribution in [0.1, 0.15) is 38.5 Å². The zero-order valence-electron chi connectivity index (χ0n) is 7.83. The van der Waals surface area contributed by atoms with Crippen LogP contribution in [0.3, 0.4) is 0 Å². The molecule has 3 nitrogen and oxygen atoms in total. The first-order chi connectivity index (χ1) is 6.36. The Morgan fingerprint density at radius 3 is 2.62 bits per heavy atom. The minimum absolute atomic E-state index is 0.0955. The van der Waals surface area contributed by atoms with E-state index in [-0.39, 0.29) is 18.9 Å². The van der Waals surface area contributed by atoms with Crippen molar-refractivity contribution in [2.24, 2.45) is 5.92 Å². The zero-order valence-corrected chi connectivity index (χ0v) is 7.83. The van der Waals surface area contributed by atoms with E-state index in [2.05, 4.69) is 0 Å². The highest BCUT2D eigenvalue weighted by Crippen LogP contribution is 2.30. The fourth-order valence-corrected chi connectivity index (χ4v) is 2.28. The Hall–Kier alpha value is -0.570. The standard InChI is InChI=1S/C10H16O3/c11-10-6-9(12-7-13-10)8-4-2-1-3-5-8/h8-9H,1-7H2. The number of ether oxygens (including phenoxy) is 2. The summed E-state index contributed by atoms with van der Waals surface area (Å²) < 4.78 is 10.2. The molecule has 0 N–H and O–H groups in total. The highest BCUT2D eigenvalue weighted by molar-refractivity contribution is 5.70. The summed E-state index contributed by atoms with van der Waals surface area (Å²) in [5, 5.41) is 0. The summed E-state index contributed by atoms with van der Waals surface area (Å²) in [6, 6.07) is 0. The van der Waals surface area contributed by atoms with E-state index in [1.54, 1.807) is 0 Å². The van der Waals surface area contributed by atoms with Crippen LogP contribution in [0.5, 0.6) is 0 Å². The lowest BCUT2D eigenvalue weighted by atomic mass is 9.84. The topological polar surface area (TPSA) is 35.5 Å². The van der Waals surface area contributed by atoms with Crippen LogP contribution in [-0.2, 0) is 14.3 Å². The lowest BCUT2D eigenvalue weighted by Crippen LogP contribution is -2.34. The summed E-state index contributed by atoms with van der Waals surface area (Å²) in [6.07, 6.45) is 6.97. The molecule has 2 rings (SSSR count). The first kappa shape index (κ1) is 9.00. The number of esters is 1. The average molecular weight is 184 g/mol. The number of hydrogen-bond acceptors (Lipinski definition) is 3. The van der Waals surface area contributed by atoms with E-state index in [9.17, 15) is 4.79 Å². The molecule has 0 amide bonds. The lowest BCUT2D eigenvalue weighted by Gasteiger charge is -2.31. The molecule has 1 aliphatic heterocycles. The van der Waals surface area contributed by atoms with Gasteiger partial charge in [0.25, 0.3) is 0 Å². The maximum Gasteiger partial charge on any atom is 0.310 e. The van der Waals surface area contributed by atoms with Gasteiger partial charge in [-0.3, -0.25) is 4.79 Å². The van der Waals surface area contributed by atoms with Gasteiger partial charge in [-0.05, 0) is 18.8 Å².